The number of rotatable bonds is 4. The van der Waals surface area contributed by atoms with Gasteiger partial charge in [-0.2, -0.15) is 5.10 Å². The topological polar surface area (TPSA) is 122 Å². The average Bonchev–Trinajstić information content (AvgIpc) is 3.34. The lowest BCUT2D eigenvalue weighted by molar-refractivity contribution is 0.0953. The summed E-state index contributed by atoms with van der Waals surface area (Å²) in [7, 11) is 0. The highest BCUT2D eigenvalue weighted by Crippen LogP contribution is 2.36. The number of benzene rings is 1. The van der Waals surface area contributed by atoms with Crippen molar-refractivity contribution in [3.8, 4) is 11.4 Å². The number of carbonyl (C=O) groups is 1. The summed E-state index contributed by atoms with van der Waals surface area (Å²) < 4.78 is 18.2. The maximum atomic E-state index is 13.3. The first-order valence-corrected chi connectivity index (χ1v) is 9.43. The molecule has 0 fully saturated rings. The molecule has 5 N–H and O–H groups in total. The Bertz CT molecular complexity index is 1360. The van der Waals surface area contributed by atoms with Crippen molar-refractivity contribution < 1.29 is 12.6 Å². The van der Waals surface area contributed by atoms with Gasteiger partial charge in [-0.1, -0.05) is 6.07 Å². The Kier molecular flexibility index (Phi) is 4.11. The molecule has 3 aromatic heterocycles. The number of H-pyrrole nitrogens is 1. The van der Waals surface area contributed by atoms with Crippen molar-refractivity contribution in [3.05, 3.63) is 64.1 Å². The van der Waals surface area contributed by atoms with Gasteiger partial charge in [0.25, 0.3) is 5.91 Å². The molecule has 0 spiro atoms. The van der Waals surface area contributed by atoms with Crippen LogP contribution in [-0.2, 0) is 6.50 Å². The summed E-state index contributed by atoms with van der Waals surface area (Å²) in [5, 5.41) is 19.5. The molecule has 0 aliphatic rings. The normalized spacial score (nSPS) is 12.7. The summed E-state index contributed by atoms with van der Waals surface area (Å²) in [6, 6.07) is 6.63. The zero-order valence-corrected chi connectivity index (χ0v) is 17.2. The first-order valence-electron chi connectivity index (χ1n) is 10.4. The molecule has 0 unspecified atom stereocenters. The van der Waals surface area contributed by atoms with E-state index < -0.39 is 12.4 Å². The zero-order chi connectivity index (χ0) is 23.4. The number of aryl methyl sites for hydroxylation is 3. The van der Waals surface area contributed by atoms with Crippen LogP contribution in [0.1, 0.15) is 41.2 Å². The maximum Gasteiger partial charge on any atom is 0.256 e. The number of aromatic hydroxyl groups is 1. The number of nitrogens with two attached hydrogens (primary N) is 1. The van der Waals surface area contributed by atoms with Crippen molar-refractivity contribution >= 4 is 22.8 Å². The molecule has 3 heterocycles. The van der Waals surface area contributed by atoms with E-state index in [2.05, 4.69) is 20.5 Å². The standard InChI is InChI=1S/C22H24N6O2/c1-11-5-6-17(29)13(3)19(11)28-20(23)18(16-9-12(2)14(4)26-21(16)28)22(30)24-10-15-7-8-25-27-15/h5-9,29H,10,23H2,1-4H3,(H,24,30)(H,25,27)/i10D2. The van der Waals surface area contributed by atoms with E-state index in [9.17, 15) is 9.90 Å². The Morgan fingerprint density at radius 1 is 1.27 bits per heavy atom. The van der Waals surface area contributed by atoms with Gasteiger partial charge in [0.1, 0.15) is 17.2 Å². The Labute approximate surface area is 176 Å². The van der Waals surface area contributed by atoms with Crippen LogP contribution in [0.3, 0.4) is 0 Å². The summed E-state index contributed by atoms with van der Waals surface area (Å²) >= 11 is 0. The third kappa shape index (κ3) is 3.06. The second-order valence-electron chi connectivity index (χ2n) is 7.28. The van der Waals surface area contributed by atoms with Crippen LogP contribution < -0.4 is 11.1 Å². The lowest BCUT2D eigenvalue weighted by Crippen LogP contribution is -2.24. The van der Waals surface area contributed by atoms with Crippen molar-refractivity contribution in [2.75, 3.05) is 5.73 Å². The molecular weight excluding hydrogens is 380 g/mol. The summed E-state index contributed by atoms with van der Waals surface area (Å²) in [6.07, 6.45) is 1.41. The highest BCUT2D eigenvalue weighted by atomic mass is 16.3. The van der Waals surface area contributed by atoms with Gasteiger partial charge in [0.2, 0.25) is 0 Å². The van der Waals surface area contributed by atoms with Gasteiger partial charge in [-0.15, -0.1) is 0 Å². The molecule has 8 nitrogen and oxygen atoms in total. The predicted octanol–water partition coefficient (Wildman–Crippen LogP) is 3.20. The quantitative estimate of drug-likeness (QED) is 0.415. The highest BCUT2D eigenvalue weighted by Gasteiger charge is 2.25. The van der Waals surface area contributed by atoms with E-state index >= 15 is 0 Å². The molecule has 0 saturated carbocycles. The second-order valence-corrected chi connectivity index (χ2v) is 7.28. The molecule has 0 saturated heterocycles. The molecule has 0 aliphatic carbocycles. The Morgan fingerprint density at radius 3 is 2.73 bits per heavy atom. The SMILES string of the molecule is [2H]C([2H])(NC(=O)c1c(N)n(-c2c(C)ccc(O)c2C)c2nc(C)c(C)cc12)c1ccn[nH]1. The van der Waals surface area contributed by atoms with Crippen LogP contribution in [0, 0.1) is 27.7 Å². The fraction of sp³-hybridized carbons (Fsp3) is 0.227. The van der Waals surface area contributed by atoms with Crippen LogP contribution in [0.5, 0.6) is 5.75 Å². The minimum atomic E-state index is -2.20. The van der Waals surface area contributed by atoms with E-state index in [1.165, 1.54) is 12.3 Å². The third-order valence-electron chi connectivity index (χ3n) is 5.29. The van der Waals surface area contributed by atoms with Gasteiger partial charge in [0, 0.05) is 22.8 Å². The van der Waals surface area contributed by atoms with Crippen LogP contribution in [0.2, 0.25) is 0 Å². The van der Waals surface area contributed by atoms with Crippen molar-refractivity contribution in [3.63, 3.8) is 0 Å². The Morgan fingerprint density at radius 2 is 2.03 bits per heavy atom. The maximum absolute atomic E-state index is 13.3. The molecular formula is C22H24N6O2. The van der Waals surface area contributed by atoms with Gasteiger partial charge in [-0.25, -0.2) is 4.98 Å². The number of phenols is 1. The van der Waals surface area contributed by atoms with E-state index in [4.69, 9.17) is 8.48 Å². The zero-order valence-electron chi connectivity index (χ0n) is 19.2. The van der Waals surface area contributed by atoms with Crippen LogP contribution in [0.4, 0.5) is 5.82 Å². The highest BCUT2D eigenvalue weighted by molar-refractivity contribution is 6.11. The minimum absolute atomic E-state index is 0.0947. The number of anilines is 1. The first kappa shape index (κ1) is 17.1. The Hall–Kier alpha value is -3.81. The fourth-order valence-electron chi connectivity index (χ4n) is 3.56. The largest absolute Gasteiger partial charge is 0.508 e. The van der Waals surface area contributed by atoms with Crippen LogP contribution >= 0.6 is 0 Å². The van der Waals surface area contributed by atoms with Gasteiger partial charge in [-0.05, 0) is 57.0 Å². The molecule has 0 radical (unpaired) electrons. The number of pyridine rings is 1. The number of carbonyl (C=O) groups excluding carboxylic acids is 1. The van der Waals surface area contributed by atoms with Gasteiger partial charge >= 0.3 is 0 Å². The number of hydrogen-bond acceptors (Lipinski definition) is 5. The summed E-state index contributed by atoms with van der Waals surface area (Å²) in [6.45, 7) is 5.19. The van der Waals surface area contributed by atoms with E-state index in [-0.39, 0.29) is 22.8 Å². The van der Waals surface area contributed by atoms with Crippen molar-refractivity contribution in [1.82, 2.24) is 25.1 Å². The molecule has 0 bridgehead atoms. The summed E-state index contributed by atoms with van der Waals surface area (Å²) in [5.41, 5.74) is 10.9. The number of fused-ring (bicyclic) bond motifs is 1. The van der Waals surface area contributed by atoms with E-state index in [0.29, 0.717) is 22.3 Å². The first-order chi connectivity index (χ1) is 15.0. The number of aromatic nitrogens is 4. The van der Waals surface area contributed by atoms with Gasteiger partial charge in [0.05, 0.1) is 26.2 Å². The third-order valence-corrected chi connectivity index (χ3v) is 5.29. The molecule has 1 amide bonds. The van der Waals surface area contributed by atoms with Crippen LogP contribution in [0.25, 0.3) is 16.7 Å². The lowest BCUT2D eigenvalue weighted by Gasteiger charge is -2.15. The van der Waals surface area contributed by atoms with Gasteiger partial charge in [-0.3, -0.25) is 14.5 Å². The van der Waals surface area contributed by atoms with E-state index in [0.717, 1.165) is 16.8 Å². The van der Waals surface area contributed by atoms with Crippen molar-refractivity contribution in [2.45, 2.75) is 34.2 Å². The molecule has 1 aromatic carbocycles. The molecule has 30 heavy (non-hydrogen) atoms. The van der Waals surface area contributed by atoms with Gasteiger partial charge < -0.3 is 16.2 Å². The molecule has 4 rings (SSSR count). The number of hydrogen-bond donors (Lipinski definition) is 4. The molecule has 154 valence electrons. The monoisotopic (exact) mass is 406 g/mol. The number of nitrogen functional groups attached to an aromatic ring is 1. The number of aromatic amines is 1. The number of phenolic OH excluding ortho intramolecular Hbond substituents is 1. The lowest BCUT2D eigenvalue weighted by atomic mass is 10.1. The fourth-order valence-corrected chi connectivity index (χ4v) is 3.56. The molecule has 8 heteroatoms. The van der Waals surface area contributed by atoms with Gasteiger partial charge in [0.15, 0.2) is 0 Å². The summed E-state index contributed by atoms with van der Waals surface area (Å²) in [4.78, 5) is 18.0. The second kappa shape index (κ2) is 7.22. The minimum Gasteiger partial charge on any atom is -0.508 e. The number of nitrogens with zero attached hydrogens (tertiary/aromatic N) is 3. The van der Waals surface area contributed by atoms with Crippen LogP contribution in [-0.4, -0.2) is 30.8 Å². The molecule has 0 aliphatic heterocycles. The summed E-state index contributed by atoms with van der Waals surface area (Å²) in [5.74, 6) is -0.490. The van der Waals surface area contributed by atoms with Crippen molar-refractivity contribution in [1.29, 1.82) is 0 Å². The van der Waals surface area contributed by atoms with E-state index in [1.54, 1.807) is 23.6 Å². The van der Waals surface area contributed by atoms with Crippen molar-refractivity contribution in [2.24, 2.45) is 0 Å². The van der Waals surface area contributed by atoms with E-state index in [1.807, 2.05) is 26.8 Å². The number of nitrogens with one attached hydrogen (secondary N) is 2. The number of amides is 1. The predicted molar refractivity (Wildman–Crippen MR) is 116 cm³/mol. The smallest absolute Gasteiger partial charge is 0.256 e. The van der Waals surface area contributed by atoms with Crippen LogP contribution in [0.15, 0.2) is 30.5 Å². The Balaban J connectivity index is 1.97. The molecule has 4 aromatic rings. The average molecular weight is 406 g/mol. The molecule has 0 atom stereocenters.